The molecule has 0 aromatic heterocycles. The number of hydrogen-bond donors (Lipinski definition) is 0. The van der Waals surface area contributed by atoms with E-state index < -0.39 is 5.78 Å². The Morgan fingerprint density at radius 3 is 2.23 bits per heavy atom. The third kappa shape index (κ3) is 2.49. The number of ketones is 2. The van der Waals surface area contributed by atoms with E-state index in [-0.39, 0.29) is 12.2 Å². The molecule has 0 aliphatic heterocycles. The number of Topliss-reactive ketones (excluding diaryl/α,β-unsaturated/α-hetero) is 2. The van der Waals surface area contributed by atoms with E-state index >= 15 is 0 Å². The van der Waals surface area contributed by atoms with Gasteiger partial charge in [0.15, 0.2) is 0 Å². The summed E-state index contributed by atoms with van der Waals surface area (Å²) in [4.78, 5) is 22.4. The molecular formula is C10H9BrO2. The van der Waals surface area contributed by atoms with Crippen LogP contribution in [0.4, 0.5) is 0 Å². The van der Waals surface area contributed by atoms with Crippen LogP contribution in [0.3, 0.4) is 0 Å². The molecule has 0 saturated carbocycles. The fourth-order valence-corrected chi connectivity index (χ4v) is 1.19. The van der Waals surface area contributed by atoms with Crippen LogP contribution in [0.15, 0.2) is 28.7 Å². The highest BCUT2D eigenvalue weighted by molar-refractivity contribution is 9.10. The Hall–Kier alpha value is -0.960. The maximum Gasteiger partial charge on any atom is 0.228 e. The second-order valence-corrected chi connectivity index (χ2v) is 3.53. The van der Waals surface area contributed by atoms with Crippen LogP contribution in [0.5, 0.6) is 0 Å². The van der Waals surface area contributed by atoms with Gasteiger partial charge in [-0.2, -0.15) is 0 Å². The lowest BCUT2D eigenvalue weighted by molar-refractivity contribution is -0.114. The lowest BCUT2D eigenvalue weighted by Crippen LogP contribution is -2.12. The molecule has 0 amide bonds. The molecule has 0 aliphatic rings. The predicted octanol–water partition coefficient (Wildman–Crippen LogP) is 2.61. The molecule has 0 fully saturated rings. The summed E-state index contributed by atoms with van der Waals surface area (Å²) in [7, 11) is 0. The number of benzene rings is 1. The lowest BCUT2D eigenvalue weighted by Gasteiger charge is -1.97. The Bertz CT molecular complexity index is 327. The van der Waals surface area contributed by atoms with Gasteiger partial charge in [-0.15, -0.1) is 0 Å². The van der Waals surface area contributed by atoms with Gasteiger partial charge in [-0.25, -0.2) is 0 Å². The third-order valence-corrected chi connectivity index (χ3v) is 2.21. The highest BCUT2D eigenvalue weighted by atomic mass is 79.9. The maximum atomic E-state index is 11.3. The van der Waals surface area contributed by atoms with Crippen molar-refractivity contribution in [3.05, 3.63) is 34.3 Å². The van der Waals surface area contributed by atoms with Gasteiger partial charge in [0.2, 0.25) is 11.6 Å². The zero-order valence-electron chi connectivity index (χ0n) is 7.21. The minimum atomic E-state index is -0.407. The van der Waals surface area contributed by atoms with Crippen LogP contribution < -0.4 is 0 Å². The molecule has 0 unspecified atom stereocenters. The zero-order valence-corrected chi connectivity index (χ0v) is 8.80. The van der Waals surface area contributed by atoms with Gasteiger partial charge in [0.25, 0.3) is 0 Å². The van der Waals surface area contributed by atoms with Crippen LogP contribution in [0.1, 0.15) is 23.7 Å². The Balaban J connectivity index is 2.90. The molecule has 1 aromatic carbocycles. The van der Waals surface area contributed by atoms with Gasteiger partial charge in [-0.3, -0.25) is 9.59 Å². The standard InChI is InChI=1S/C10H9BrO2/c1-2-9(12)10(13)7-3-5-8(11)6-4-7/h3-6H,2H2,1H3. The van der Waals surface area contributed by atoms with Gasteiger partial charge >= 0.3 is 0 Å². The molecular weight excluding hydrogens is 232 g/mol. The molecule has 13 heavy (non-hydrogen) atoms. The Labute approximate surface area is 85.1 Å². The lowest BCUT2D eigenvalue weighted by atomic mass is 10.1. The van der Waals surface area contributed by atoms with Crippen LogP contribution in [-0.4, -0.2) is 11.6 Å². The molecule has 0 atom stereocenters. The highest BCUT2D eigenvalue weighted by Crippen LogP contribution is 2.11. The highest BCUT2D eigenvalue weighted by Gasteiger charge is 2.12. The van der Waals surface area contributed by atoms with Gasteiger partial charge in [-0.05, 0) is 24.3 Å². The summed E-state index contributed by atoms with van der Waals surface area (Å²) >= 11 is 3.25. The molecule has 0 N–H and O–H groups in total. The van der Waals surface area contributed by atoms with Crippen molar-refractivity contribution in [2.75, 3.05) is 0 Å². The summed E-state index contributed by atoms with van der Waals surface area (Å²) in [5, 5.41) is 0. The van der Waals surface area contributed by atoms with Gasteiger partial charge in [-0.1, -0.05) is 22.9 Å². The first-order valence-electron chi connectivity index (χ1n) is 3.98. The molecule has 0 radical (unpaired) electrons. The minimum Gasteiger partial charge on any atom is -0.290 e. The van der Waals surface area contributed by atoms with E-state index in [0.717, 1.165) is 4.47 Å². The number of rotatable bonds is 3. The van der Waals surface area contributed by atoms with E-state index in [1.807, 2.05) is 0 Å². The zero-order chi connectivity index (χ0) is 9.84. The van der Waals surface area contributed by atoms with Crippen LogP contribution in [0.2, 0.25) is 0 Å². The van der Waals surface area contributed by atoms with Crippen LogP contribution >= 0.6 is 15.9 Å². The number of hydrogen-bond acceptors (Lipinski definition) is 2. The summed E-state index contributed by atoms with van der Waals surface area (Å²) in [6.07, 6.45) is 0.259. The molecule has 3 heteroatoms. The fraction of sp³-hybridized carbons (Fsp3) is 0.200. The Kier molecular flexibility index (Phi) is 3.37. The second-order valence-electron chi connectivity index (χ2n) is 2.61. The summed E-state index contributed by atoms with van der Waals surface area (Å²) in [6, 6.07) is 6.77. The number of halogens is 1. The molecule has 0 bridgehead atoms. The van der Waals surface area contributed by atoms with E-state index in [2.05, 4.69) is 15.9 Å². The molecule has 0 saturated heterocycles. The first-order chi connectivity index (χ1) is 6.15. The van der Waals surface area contributed by atoms with E-state index in [0.29, 0.717) is 5.56 Å². The average molecular weight is 241 g/mol. The molecule has 0 aliphatic carbocycles. The smallest absolute Gasteiger partial charge is 0.228 e. The molecule has 0 heterocycles. The first kappa shape index (κ1) is 10.1. The quantitative estimate of drug-likeness (QED) is 0.602. The predicted molar refractivity (Wildman–Crippen MR) is 53.8 cm³/mol. The molecule has 1 rings (SSSR count). The summed E-state index contributed by atoms with van der Waals surface area (Å²) < 4.78 is 0.896. The molecule has 1 aromatic rings. The fourth-order valence-electron chi connectivity index (χ4n) is 0.923. The summed E-state index contributed by atoms with van der Waals surface area (Å²) in [6.45, 7) is 1.68. The second kappa shape index (κ2) is 4.33. The van der Waals surface area contributed by atoms with Crippen LogP contribution in [0.25, 0.3) is 0 Å². The minimum absolute atomic E-state index is 0.259. The van der Waals surface area contributed by atoms with Gasteiger partial charge in [0.1, 0.15) is 0 Å². The number of carbonyl (C=O) groups is 2. The Morgan fingerprint density at radius 1 is 1.23 bits per heavy atom. The van der Waals surface area contributed by atoms with E-state index in [1.165, 1.54) is 0 Å². The topological polar surface area (TPSA) is 34.1 Å². The summed E-state index contributed by atoms with van der Waals surface area (Å²) in [5.41, 5.74) is 0.454. The molecule has 2 nitrogen and oxygen atoms in total. The van der Waals surface area contributed by atoms with Crippen molar-refractivity contribution in [2.24, 2.45) is 0 Å². The van der Waals surface area contributed by atoms with Crippen LogP contribution in [0, 0.1) is 0 Å². The van der Waals surface area contributed by atoms with Crippen molar-refractivity contribution in [3.63, 3.8) is 0 Å². The van der Waals surface area contributed by atoms with Crippen molar-refractivity contribution < 1.29 is 9.59 Å². The maximum absolute atomic E-state index is 11.3. The average Bonchev–Trinajstić information content (AvgIpc) is 2.17. The van der Waals surface area contributed by atoms with Crippen molar-refractivity contribution in [2.45, 2.75) is 13.3 Å². The van der Waals surface area contributed by atoms with Crippen molar-refractivity contribution >= 4 is 27.5 Å². The molecule has 0 spiro atoms. The Morgan fingerprint density at radius 2 is 1.77 bits per heavy atom. The monoisotopic (exact) mass is 240 g/mol. The van der Waals surface area contributed by atoms with Crippen molar-refractivity contribution in [1.29, 1.82) is 0 Å². The normalized spacial score (nSPS) is 9.69. The number of carbonyl (C=O) groups excluding carboxylic acids is 2. The van der Waals surface area contributed by atoms with E-state index in [1.54, 1.807) is 31.2 Å². The summed E-state index contributed by atoms with van der Waals surface area (Å²) in [5.74, 6) is -0.752. The SMILES string of the molecule is CCC(=O)C(=O)c1ccc(Br)cc1. The van der Waals surface area contributed by atoms with Crippen molar-refractivity contribution in [1.82, 2.24) is 0 Å². The van der Waals surface area contributed by atoms with Gasteiger partial charge in [0, 0.05) is 16.5 Å². The van der Waals surface area contributed by atoms with Crippen molar-refractivity contribution in [3.8, 4) is 0 Å². The van der Waals surface area contributed by atoms with Crippen LogP contribution in [-0.2, 0) is 4.79 Å². The first-order valence-corrected chi connectivity index (χ1v) is 4.77. The third-order valence-electron chi connectivity index (χ3n) is 1.68. The largest absolute Gasteiger partial charge is 0.290 e. The molecule has 68 valence electrons. The van der Waals surface area contributed by atoms with E-state index in [9.17, 15) is 9.59 Å². The van der Waals surface area contributed by atoms with Gasteiger partial charge < -0.3 is 0 Å². The van der Waals surface area contributed by atoms with E-state index in [4.69, 9.17) is 0 Å². The van der Waals surface area contributed by atoms with Gasteiger partial charge in [0.05, 0.1) is 0 Å².